The normalized spacial score (nSPS) is 12.8. The van der Waals surface area contributed by atoms with Crippen molar-refractivity contribution in [3.05, 3.63) is 36.0 Å². The number of aliphatic carboxylic acids is 1. The maximum atomic E-state index is 11.6. The zero-order valence-electron chi connectivity index (χ0n) is 15.0. The lowest BCUT2D eigenvalue weighted by molar-refractivity contribution is -0.141. The number of carboxylic acid groups (broad SMARTS) is 1. The van der Waals surface area contributed by atoms with Gasteiger partial charge in [-0.15, -0.1) is 0 Å². The summed E-state index contributed by atoms with van der Waals surface area (Å²) in [6.07, 6.45) is 2.94. The van der Waals surface area contributed by atoms with Crippen LogP contribution in [-0.2, 0) is 16.0 Å². The first kappa shape index (κ1) is 18.8. The fraction of sp³-hybridized carbons (Fsp3) is 0.474. The number of nitrogens with one attached hydrogen (secondary N) is 2. The molecule has 0 aliphatic carbocycles. The molecule has 0 aliphatic heterocycles. The molecule has 0 saturated heterocycles. The second kappa shape index (κ2) is 8.05. The number of para-hydroxylation sites is 1. The summed E-state index contributed by atoms with van der Waals surface area (Å²) in [5, 5.41) is 13.2. The number of carbonyl (C=O) groups excluding carboxylic acids is 1. The van der Waals surface area contributed by atoms with E-state index in [9.17, 15) is 14.7 Å². The van der Waals surface area contributed by atoms with Crippen molar-refractivity contribution in [2.24, 2.45) is 5.92 Å². The number of amides is 1. The van der Waals surface area contributed by atoms with Crippen LogP contribution in [0.15, 0.2) is 30.5 Å². The van der Waals surface area contributed by atoms with E-state index >= 15 is 0 Å². The topological polar surface area (TPSA) is 91.4 Å². The van der Waals surface area contributed by atoms with Crippen LogP contribution in [0.3, 0.4) is 0 Å². The molecule has 0 bridgehead atoms. The number of hydrogen-bond acceptors (Lipinski definition) is 3. The smallest absolute Gasteiger partial charge is 0.407 e. The van der Waals surface area contributed by atoms with Crippen LogP contribution in [0, 0.1) is 5.92 Å². The van der Waals surface area contributed by atoms with Crippen molar-refractivity contribution in [1.82, 2.24) is 10.3 Å². The molecule has 1 heterocycles. The zero-order chi connectivity index (χ0) is 18.4. The summed E-state index contributed by atoms with van der Waals surface area (Å²) in [7, 11) is 0. The molecule has 0 spiro atoms. The molecule has 2 aromatic rings. The van der Waals surface area contributed by atoms with E-state index in [2.05, 4.69) is 10.3 Å². The largest absolute Gasteiger partial charge is 0.481 e. The highest BCUT2D eigenvalue weighted by molar-refractivity contribution is 5.83. The van der Waals surface area contributed by atoms with Crippen LogP contribution in [0.5, 0.6) is 0 Å². The van der Waals surface area contributed by atoms with Gasteiger partial charge in [0.25, 0.3) is 0 Å². The van der Waals surface area contributed by atoms with Gasteiger partial charge >= 0.3 is 12.1 Å². The maximum absolute atomic E-state index is 11.6. The Balaban J connectivity index is 1.85. The highest BCUT2D eigenvalue weighted by Crippen LogP contribution is 2.22. The fourth-order valence-electron chi connectivity index (χ4n) is 2.73. The molecule has 1 amide bonds. The third kappa shape index (κ3) is 5.81. The molecule has 1 aromatic heterocycles. The first-order valence-electron chi connectivity index (χ1n) is 8.51. The van der Waals surface area contributed by atoms with Crippen molar-refractivity contribution < 1.29 is 19.4 Å². The Bertz CT molecular complexity index is 730. The SMILES string of the molecule is CC(C)(C)OC(=O)NCCCC(Cc1c[nH]c2ccccc12)C(=O)O. The number of carbonyl (C=O) groups is 2. The summed E-state index contributed by atoms with van der Waals surface area (Å²) < 4.78 is 5.16. The van der Waals surface area contributed by atoms with Gasteiger partial charge in [0, 0.05) is 23.6 Å². The minimum absolute atomic E-state index is 0.395. The predicted molar refractivity (Wildman–Crippen MR) is 96.6 cm³/mol. The van der Waals surface area contributed by atoms with Crippen LogP contribution >= 0.6 is 0 Å². The minimum Gasteiger partial charge on any atom is -0.481 e. The number of rotatable bonds is 7. The van der Waals surface area contributed by atoms with Crippen LogP contribution in [0.2, 0.25) is 0 Å². The highest BCUT2D eigenvalue weighted by atomic mass is 16.6. The predicted octanol–water partition coefficient (Wildman–Crippen LogP) is 3.72. The molecule has 3 N–H and O–H groups in total. The van der Waals surface area contributed by atoms with Gasteiger partial charge < -0.3 is 20.1 Å². The molecule has 0 aliphatic rings. The van der Waals surface area contributed by atoms with E-state index in [1.807, 2.05) is 30.5 Å². The van der Waals surface area contributed by atoms with Gasteiger partial charge in [-0.25, -0.2) is 4.79 Å². The van der Waals surface area contributed by atoms with Crippen LogP contribution in [0.4, 0.5) is 4.79 Å². The van der Waals surface area contributed by atoms with Crippen molar-refractivity contribution in [2.75, 3.05) is 6.54 Å². The molecular formula is C19H26N2O4. The van der Waals surface area contributed by atoms with Crippen molar-refractivity contribution in [3.8, 4) is 0 Å². The number of H-pyrrole nitrogens is 1. The molecule has 1 unspecified atom stereocenters. The Morgan fingerprint density at radius 3 is 2.68 bits per heavy atom. The Kier molecular flexibility index (Phi) is 6.07. The molecule has 0 fully saturated rings. The molecule has 0 saturated carbocycles. The quantitative estimate of drug-likeness (QED) is 0.666. The first-order valence-corrected chi connectivity index (χ1v) is 8.51. The van der Waals surface area contributed by atoms with Crippen molar-refractivity contribution in [1.29, 1.82) is 0 Å². The molecule has 0 radical (unpaired) electrons. The van der Waals surface area contributed by atoms with Gasteiger partial charge in [0.15, 0.2) is 0 Å². The summed E-state index contributed by atoms with van der Waals surface area (Å²) >= 11 is 0. The third-order valence-electron chi connectivity index (χ3n) is 3.89. The van der Waals surface area contributed by atoms with E-state index < -0.39 is 23.6 Å². The Hall–Kier alpha value is -2.50. The molecule has 6 heteroatoms. The summed E-state index contributed by atoms with van der Waals surface area (Å²) in [6.45, 7) is 5.79. The number of fused-ring (bicyclic) bond motifs is 1. The molecule has 136 valence electrons. The second-order valence-electron chi connectivity index (χ2n) is 7.17. The number of carboxylic acids is 1. The van der Waals surface area contributed by atoms with Gasteiger partial charge in [-0.1, -0.05) is 18.2 Å². The van der Waals surface area contributed by atoms with Crippen LogP contribution in [0.25, 0.3) is 10.9 Å². The van der Waals surface area contributed by atoms with Crippen molar-refractivity contribution in [3.63, 3.8) is 0 Å². The maximum Gasteiger partial charge on any atom is 0.407 e. The van der Waals surface area contributed by atoms with Gasteiger partial charge in [0.2, 0.25) is 0 Å². The second-order valence-corrected chi connectivity index (χ2v) is 7.17. The highest BCUT2D eigenvalue weighted by Gasteiger charge is 2.20. The van der Waals surface area contributed by atoms with E-state index in [0.29, 0.717) is 25.8 Å². The van der Waals surface area contributed by atoms with E-state index in [-0.39, 0.29) is 0 Å². The van der Waals surface area contributed by atoms with Gasteiger partial charge in [0.05, 0.1) is 5.92 Å². The Morgan fingerprint density at radius 2 is 2.00 bits per heavy atom. The molecule has 2 rings (SSSR count). The Labute approximate surface area is 147 Å². The number of benzene rings is 1. The number of hydrogen-bond donors (Lipinski definition) is 3. The number of alkyl carbamates (subject to hydrolysis) is 1. The number of ether oxygens (including phenoxy) is 1. The standard InChI is InChI=1S/C19H26N2O4/c1-19(2,3)25-18(24)20-10-6-7-13(17(22)23)11-14-12-21-16-9-5-4-8-15(14)16/h4-5,8-9,12-13,21H,6-7,10-11H2,1-3H3,(H,20,24)(H,22,23). The summed E-state index contributed by atoms with van der Waals surface area (Å²) in [5.41, 5.74) is 1.47. The van der Waals surface area contributed by atoms with Gasteiger partial charge in [-0.3, -0.25) is 4.79 Å². The van der Waals surface area contributed by atoms with E-state index in [0.717, 1.165) is 16.5 Å². The molecular weight excluding hydrogens is 320 g/mol. The average Bonchev–Trinajstić information content (AvgIpc) is 2.91. The number of aromatic amines is 1. The Morgan fingerprint density at radius 1 is 1.28 bits per heavy atom. The monoisotopic (exact) mass is 346 g/mol. The fourth-order valence-corrected chi connectivity index (χ4v) is 2.73. The summed E-state index contributed by atoms with van der Waals surface area (Å²) in [5.74, 6) is -1.30. The van der Waals surface area contributed by atoms with Gasteiger partial charge in [0.1, 0.15) is 5.60 Å². The zero-order valence-corrected chi connectivity index (χ0v) is 15.0. The lowest BCUT2D eigenvalue weighted by atomic mass is 9.94. The van der Waals surface area contributed by atoms with E-state index in [1.54, 1.807) is 20.8 Å². The van der Waals surface area contributed by atoms with Crippen LogP contribution in [-0.4, -0.2) is 34.3 Å². The summed E-state index contributed by atoms with van der Waals surface area (Å²) in [4.78, 5) is 26.3. The van der Waals surface area contributed by atoms with E-state index in [4.69, 9.17) is 4.74 Å². The summed E-state index contributed by atoms with van der Waals surface area (Å²) in [6, 6.07) is 7.85. The first-order chi connectivity index (χ1) is 11.8. The molecule has 25 heavy (non-hydrogen) atoms. The van der Waals surface area contributed by atoms with Crippen molar-refractivity contribution >= 4 is 23.0 Å². The van der Waals surface area contributed by atoms with Crippen molar-refractivity contribution in [2.45, 2.75) is 45.6 Å². The van der Waals surface area contributed by atoms with E-state index in [1.165, 1.54) is 0 Å². The van der Waals surface area contributed by atoms with Gasteiger partial charge in [-0.2, -0.15) is 0 Å². The number of aromatic nitrogens is 1. The van der Waals surface area contributed by atoms with Gasteiger partial charge in [-0.05, 0) is 51.7 Å². The lowest BCUT2D eigenvalue weighted by Crippen LogP contribution is -2.33. The average molecular weight is 346 g/mol. The molecule has 1 aromatic carbocycles. The third-order valence-corrected chi connectivity index (χ3v) is 3.89. The van der Waals surface area contributed by atoms with Crippen LogP contribution < -0.4 is 5.32 Å². The minimum atomic E-state index is -0.817. The lowest BCUT2D eigenvalue weighted by Gasteiger charge is -2.19. The van der Waals surface area contributed by atoms with Crippen LogP contribution in [0.1, 0.15) is 39.2 Å². The molecule has 1 atom stereocenters. The molecule has 6 nitrogen and oxygen atoms in total.